The van der Waals surface area contributed by atoms with Crippen LogP contribution in [0.1, 0.15) is 19.4 Å². The predicted molar refractivity (Wildman–Crippen MR) is 68.6 cm³/mol. The van der Waals surface area contributed by atoms with E-state index in [1.807, 2.05) is 0 Å². The Hall–Kier alpha value is -1.02. The molecule has 5 nitrogen and oxygen atoms in total. The molecule has 2 N–H and O–H groups in total. The topological polar surface area (TPSA) is 75.6 Å². The van der Waals surface area contributed by atoms with Gasteiger partial charge in [-0.2, -0.15) is 0 Å². The lowest BCUT2D eigenvalue weighted by Gasteiger charge is -2.25. The van der Waals surface area contributed by atoms with E-state index in [0.29, 0.717) is 5.56 Å². The second-order valence-corrected chi connectivity index (χ2v) is 6.50. The lowest BCUT2D eigenvalue weighted by atomic mass is 10.1. The average Bonchev–Trinajstić information content (AvgIpc) is 2.27. The molecule has 0 aliphatic heterocycles. The van der Waals surface area contributed by atoms with Gasteiger partial charge in [0.1, 0.15) is 10.7 Å². The Morgan fingerprint density at radius 2 is 2.05 bits per heavy atom. The van der Waals surface area contributed by atoms with Gasteiger partial charge in [0, 0.05) is 7.11 Å². The molecule has 0 unspecified atom stereocenters. The van der Waals surface area contributed by atoms with Crippen LogP contribution >= 0.6 is 0 Å². The highest BCUT2D eigenvalue weighted by molar-refractivity contribution is 7.89. The maximum Gasteiger partial charge on any atom is 0.244 e. The molecular weight excluding hydrogens is 273 g/mol. The second kappa shape index (κ2) is 5.96. The van der Waals surface area contributed by atoms with Crippen LogP contribution in [0, 0.1) is 5.82 Å². The fourth-order valence-corrected chi connectivity index (χ4v) is 3.19. The van der Waals surface area contributed by atoms with Crippen LogP contribution in [0.3, 0.4) is 0 Å². The van der Waals surface area contributed by atoms with Gasteiger partial charge in [0.05, 0.1) is 18.8 Å². The van der Waals surface area contributed by atoms with Gasteiger partial charge in [0.15, 0.2) is 0 Å². The van der Waals surface area contributed by atoms with E-state index in [9.17, 15) is 12.8 Å². The average molecular weight is 291 g/mol. The van der Waals surface area contributed by atoms with Crippen molar-refractivity contribution in [2.45, 2.75) is 30.9 Å². The van der Waals surface area contributed by atoms with E-state index in [-0.39, 0.29) is 13.2 Å². The first-order valence-corrected chi connectivity index (χ1v) is 7.12. The van der Waals surface area contributed by atoms with E-state index in [0.717, 1.165) is 12.1 Å². The van der Waals surface area contributed by atoms with Crippen LogP contribution < -0.4 is 4.72 Å². The molecule has 0 aliphatic carbocycles. The Morgan fingerprint density at radius 1 is 1.42 bits per heavy atom. The van der Waals surface area contributed by atoms with Crippen molar-refractivity contribution in [2.24, 2.45) is 0 Å². The summed E-state index contributed by atoms with van der Waals surface area (Å²) in [6.45, 7) is 3.04. The molecule has 7 heteroatoms. The molecule has 1 rings (SSSR count). The van der Waals surface area contributed by atoms with Crippen molar-refractivity contribution in [2.75, 3.05) is 13.7 Å². The molecule has 1 aromatic carbocycles. The normalized spacial score (nSPS) is 12.7. The maximum atomic E-state index is 13.6. The Kier molecular flexibility index (Phi) is 5.03. The Labute approximate surface area is 112 Å². The zero-order valence-corrected chi connectivity index (χ0v) is 11.9. The molecule has 0 spiro atoms. The Balaban J connectivity index is 3.13. The summed E-state index contributed by atoms with van der Waals surface area (Å²) in [6, 6.07) is 3.46. The molecule has 19 heavy (non-hydrogen) atoms. The first kappa shape index (κ1) is 16.0. The van der Waals surface area contributed by atoms with E-state index in [1.54, 1.807) is 13.8 Å². The highest BCUT2D eigenvalue weighted by Crippen LogP contribution is 2.18. The SMILES string of the molecule is COCC(C)(C)NS(=O)(=O)c1cc(CO)ccc1F. The number of sulfonamides is 1. The van der Waals surface area contributed by atoms with Crippen molar-refractivity contribution in [3.63, 3.8) is 0 Å². The van der Waals surface area contributed by atoms with Gasteiger partial charge in [-0.15, -0.1) is 0 Å². The quantitative estimate of drug-likeness (QED) is 0.820. The predicted octanol–water partition coefficient (Wildman–Crippen LogP) is 1.02. The molecule has 1 aromatic rings. The van der Waals surface area contributed by atoms with Gasteiger partial charge < -0.3 is 9.84 Å². The molecule has 0 bridgehead atoms. The third-order valence-electron chi connectivity index (χ3n) is 2.38. The van der Waals surface area contributed by atoms with E-state index in [2.05, 4.69) is 4.72 Å². The highest BCUT2D eigenvalue weighted by atomic mass is 32.2. The molecule has 0 atom stereocenters. The first-order chi connectivity index (χ1) is 8.72. The van der Waals surface area contributed by atoms with Crippen molar-refractivity contribution < 1.29 is 22.7 Å². The Morgan fingerprint density at radius 3 is 2.58 bits per heavy atom. The van der Waals surface area contributed by atoms with Gasteiger partial charge in [0.25, 0.3) is 0 Å². The minimum absolute atomic E-state index is 0.146. The molecule has 0 heterocycles. The largest absolute Gasteiger partial charge is 0.392 e. The molecule has 108 valence electrons. The summed E-state index contributed by atoms with van der Waals surface area (Å²) in [5.41, 5.74) is -0.541. The molecule has 0 saturated carbocycles. The summed E-state index contributed by atoms with van der Waals surface area (Å²) < 4.78 is 45.1. The fraction of sp³-hybridized carbons (Fsp3) is 0.500. The van der Waals surface area contributed by atoms with Crippen LogP contribution in [-0.4, -0.2) is 32.8 Å². The molecule has 0 aromatic heterocycles. The number of hydrogen-bond donors (Lipinski definition) is 2. The smallest absolute Gasteiger partial charge is 0.244 e. The summed E-state index contributed by atoms with van der Waals surface area (Å²) in [4.78, 5) is -0.483. The van der Waals surface area contributed by atoms with Crippen molar-refractivity contribution in [1.82, 2.24) is 4.72 Å². The maximum absolute atomic E-state index is 13.6. The van der Waals surface area contributed by atoms with Crippen LogP contribution in [0.15, 0.2) is 23.1 Å². The van der Waals surface area contributed by atoms with Gasteiger partial charge in [-0.25, -0.2) is 17.5 Å². The monoisotopic (exact) mass is 291 g/mol. The fourth-order valence-electron chi connectivity index (χ4n) is 1.66. The molecule has 0 radical (unpaired) electrons. The summed E-state index contributed by atoms with van der Waals surface area (Å²) >= 11 is 0. The number of ether oxygens (including phenoxy) is 1. The van der Waals surface area contributed by atoms with E-state index >= 15 is 0 Å². The zero-order chi connectivity index (χ0) is 14.7. The third-order valence-corrected chi connectivity index (χ3v) is 4.10. The zero-order valence-electron chi connectivity index (χ0n) is 11.1. The Bertz CT molecular complexity index is 543. The van der Waals surface area contributed by atoms with Crippen LogP contribution in [0.5, 0.6) is 0 Å². The number of halogens is 1. The summed E-state index contributed by atoms with van der Waals surface area (Å²) in [6.07, 6.45) is 0. The van der Waals surface area contributed by atoms with Gasteiger partial charge in [-0.1, -0.05) is 6.07 Å². The number of benzene rings is 1. The van der Waals surface area contributed by atoms with Crippen LogP contribution in [0.4, 0.5) is 4.39 Å². The third kappa shape index (κ3) is 4.24. The van der Waals surface area contributed by atoms with Gasteiger partial charge in [0.2, 0.25) is 10.0 Å². The summed E-state index contributed by atoms with van der Waals surface area (Å²) in [5.74, 6) is -0.863. The van der Waals surface area contributed by atoms with Crippen molar-refractivity contribution in [3.8, 4) is 0 Å². The molecule has 0 aliphatic rings. The van der Waals surface area contributed by atoms with E-state index in [4.69, 9.17) is 9.84 Å². The second-order valence-electron chi connectivity index (χ2n) is 4.85. The van der Waals surface area contributed by atoms with Gasteiger partial charge in [-0.3, -0.25) is 0 Å². The molecule has 0 fully saturated rings. The number of methoxy groups -OCH3 is 1. The summed E-state index contributed by atoms with van der Waals surface area (Å²) in [7, 11) is -2.57. The number of nitrogens with one attached hydrogen (secondary N) is 1. The lowest BCUT2D eigenvalue weighted by Crippen LogP contribution is -2.46. The van der Waals surface area contributed by atoms with Crippen molar-refractivity contribution >= 4 is 10.0 Å². The van der Waals surface area contributed by atoms with Gasteiger partial charge >= 0.3 is 0 Å². The number of aliphatic hydroxyl groups is 1. The van der Waals surface area contributed by atoms with Crippen LogP contribution in [0.25, 0.3) is 0 Å². The first-order valence-electron chi connectivity index (χ1n) is 5.64. The lowest BCUT2D eigenvalue weighted by molar-refractivity contribution is 0.141. The highest BCUT2D eigenvalue weighted by Gasteiger charge is 2.28. The standard InChI is InChI=1S/C12H18FNO4S/c1-12(2,8-18-3)14-19(16,17)11-6-9(7-15)4-5-10(11)13/h4-6,14-15H,7-8H2,1-3H3. The van der Waals surface area contributed by atoms with Crippen molar-refractivity contribution in [1.29, 1.82) is 0 Å². The number of rotatable bonds is 6. The molecule has 0 saturated heterocycles. The van der Waals surface area contributed by atoms with Crippen molar-refractivity contribution in [3.05, 3.63) is 29.6 Å². The molecular formula is C12H18FNO4S. The van der Waals surface area contributed by atoms with E-state index < -0.39 is 26.3 Å². The van der Waals surface area contributed by atoms with Crippen LogP contribution in [0.2, 0.25) is 0 Å². The minimum Gasteiger partial charge on any atom is -0.392 e. The molecule has 0 amide bonds. The van der Waals surface area contributed by atoms with Crippen LogP contribution in [-0.2, 0) is 21.4 Å². The number of aliphatic hydroxyl groups excluding tert-OH is 1. The minimum atomic E-state index is -4.02. The number of hydrogen-bond acceptors (Lipinski definition) is 4. The van der Waals surface area contributed by atoms with Gasteiger partial charge in [-0.05, 0) is 31.5 Å². The van der Waals surface area contributed by atoms with E-state index in [1.165, 1.54) is 13.2 Å². The summed E-state index contributed by atoms with van der Waals surface area (Å²) in [5, 5.41) is 8.98.